The average molecular weight is 427 g/mol. The molecule has 160 valence electrons. The minimum absolute atomic E-state index is 0.111. The van der Waals surface area contributed by atoms with E-state index in [1.807, 2.05) is 17.9 Å². The number of hydrogen-bond acceptors (Lipinski definition) is 4. The fourth-order valence-electron chi connectivity index (χ4n) is 4.61. The third kappa shape index (κ3) is 4.44. The predicted molar refractivity (Wildman–Crippen MR) is 119 cm³/mol. The zero-order valence-corrected chi connectivity index (χ0v) is 18.4. The number of morpholine rings is 1. The van der Waals surface area contributed by atoms with E-state index in [1.165, 1.54) is 10.4 Å². The quantitative estimate of drug-likeness (QED) is 0.763. The molecule has 2 fully saturated rings. The van der Waals surface area contributed by atoms with Gasteiger partial charge in [-0.2, -0.15) is 0 Å². The fraction of sp³-hybridized carbons (Fsp3) is 0.500. The molecule has 2 aromatic rings. The van der Waals surface area contributed by atoms with Crippen molar-refractivity contribution in [2.75, 3.05) is 26.2 Å². The van der Waals surface area contributed by atoms with E-state index in [9.17, 15) is 9.59 Å². The van der Waals surface area contributed by atoms with Crippen molar-refractivity contribution in [3.8, 4) is 10.4 Å². The minimum atomic E-state index is -1.03. The molecule has 2 heterocycles. The Morgan fingerprint density at radius 2 is 1.97 bits per heavy atom. The summed E-state index contributed by atoms with van der Waals surface area (Å²) >= 11 is 1.71. The Kier molecular flexibility index (Phi) is 6.54. The van der Waals surface area contributed by atoms with Gasteiger partial charge < -0.3 is 15.0 Å². The summed E-state index contributed by atoms with van der Waals surface area (Å²) in [6.45, 7) is 3.72. The van der Waals surface area contributed by atoms with Crippen molar-refractivity contribution in [2.45, 2.75) is 44.6 Å². The molecule has 1 unspecified atom stereocenters. The summed E-state index contributed by atoms with van der Waals surface area (Å²) in [6.07, 6.45) is 4.64. The molecule has 2 aliphatic rings. The molecule has 30 heavy (non-hydrogen) atoms. The van der Waals surface area contributed by atoms with Crippen molar-refractivity contribution in [2.24, 2.45) is 5.92 Å². The molecule has 1 atom stereocenters. The molecule has 1 saturated heterocycles. The molecule has 6 heteroatoms. The van der Waals surface area contributed by atoms with Crippen LogP contribution >= 0.6 is 11.3 Å². The number of nitrogens with zero attached hydrogens (tertiary/aromatic N) is 1. The maximum Gasteiger partial charge on any atom is 0.254 e. The van der Waals surface area contributed by atoms with Crippen LogP contribution in [0.1, 0.15) is 38.2 Å². The third-order valence-electron chi connectivity index (χ3n) is 6.20. The first-order chi connectivity index (χ1) is 14.6. The van der Waals surface area contributed by atoms with Crippen molar-refractivity contribution in [1.82, 2.24) is 10.2 Å². The first kappa shape index (κ1) is 21.1. The van der Waals surface area contributed by atoms with E-state index < -0.39 is 5.60 Å². The van der Waals surface area contributed by atoms with Crippen LogP contribution < -0.4 is 5.32 Å². The van der Waals surface area contributed by atoms with Gasteiger partial charge in [-0.05, 0) is 42.3 Å². The number of carbonyl (C=O) groups excluding carboxylic acids is 2. The summed E-state index contributed by atoms with van der Waals surface area (Å²) in [6, 6.07) is 12.5. The molecule has 1 aliphatic carbocycles. The third-order valence-corrected chi connectivity index (χ3v) is 7.12. The van der Waals surface area contributed by atoms with Crippen LogP contribution in [0.5, 0.6) is 0 Å². The second-order valence-corrected chi connectivity index (χ2v) is 9.24. The Labute approximate surface area is 182 Å². The molecule has 1 saturated carbocycles. The number of hydrogen-bond donors (Lipinski definition) is 1. The lowest BCUT2D eigenvalue weighted by atomic mass is 9.90. The number of rotatable bonds is 6. The molecule has 0 radical (unpaired) electrons. The number of likely N-dealkylation sites (N-methyl/N-ethyl adjacent to an activating group) is 1. The second-order valence-electron chi connectivity index (χ2n) is 8.29. The molecule has 0 bridgehead atoms. The van der Waals surface area contributed by atoms with Crippen LogP contribution in [0.4, 0.5) is 0 Å². The zero-order chi connectivity index (χ0) is 21.0. The first-order valence-corrected chi connectivity index (χ1v) is 11.8. The van der Waals surface area contributed by atoms with Gasteiger partial charge in [0, 0.05) is 30.3 Å². The van der Waals surface area contributed by atoms with Crippen molar-refractivity contribution in [3.63, 3.8) is 0 Å². The highest BCUT2D eigenvalue weighted by Gasteiger charge is 2.45. The number of benzene rings is 1. The summed E-state index contributed by atoms with van der Waals surface area (Å²) < 4.78 is 6.13. The van der Waals surface area contributed by atoms with E-state index in [0.717, 1.165) is 31.2 Å². The zero-order valence-electron chi connectivity index (χ0n) is 17.6. The molecule has 1 aliphatic heterocycles. The molecule has 0 spiro atoms. The lowest BCUT2D eigenvalue weighted by molar-refractivity contribution is -0.167. The van der Waals surface area contributed by atoms with E-state index in [0.29, 0.717) is 32.7 Å². The van der Waals surface area contributed by atoms with Gasteiger partial charge in [0.2, 0.25) is 5.91 Å². The normalized spacial score (nSPS) is 22.2. The first-order valence-electron chi connectivity index (χ1n) is 11.0. The predicted octanol–water partition coefficient (Wildman–Crippen LogP) is 3.88. The molecule has 2 amide bonds. The Morgan fingerprint density at radius 1 is 1.20 bits per heavy atom. The standard InChI is InChI=1S/C24H30N2O3S/c1-2-25-23(28)24(16-18-9-11-19(12-10-18)21-8-5-15-30-21)17-26(13-14-29-24)22(27)20-6-3-4-7-20/h5,8-12,15,20H,2-4,6-7,13-14,16-17H2,1H3,(H,25,28). The molecule has 1 N–H and O–H groups in total. The van der Waals surface area contributed by atoms with Crippen LogP contribution in [0.15, 0.2) is 41.8 Å². The van der Waals surface area contributed by atoms with Gasteiger partial charge in [0.15, 0.2) is 5.60 Å². The van der Waals surface area contributed by atoms with Gasteiger partial charge in [-0.1, -0.05) is 43.2 Å². The Bertz CT molecular complexity index is 859. The number of nitrogens with one attached hydrogen (secondary N) is 1. The molecular formula is C24H30N2O3S. The van der Waals surface area contributed by atoms with Crippen molar-refractivity contribution in [1.29, 1.82) is 0 Å². The van der Waals surface area contributed by atoms with Crippen LogP contribution in [0.25, 0.3) is 10.4 Å². The summed E-state index contributed by atoms with van der Waals surface area (Å²) in [7, 11) is 0. The maximum absolute atomic E-state index is 13.1. The van der Waals surface area contributed by atoms with Gasteiger partial charge in [-0.15, -0.1) is 11.3 Å². The van der Waals surface area contributed by atoms with Crippen LogP contribution in [-0.4, -0.2) is 48.6 Å². The maximum atomic E-state index is 13.1. The molecular weight excluding hydrogens is 396 g/mol. The Morgan fingerprint density at radius 3 is 2.63 bits per heavy atom. The molecule has 5 nitrogen and oxygen atoms in total. The monoisotopic (exact) mass is 426 g/mol. The van der Waals surface area contributed by atoms with Gasteiger partial charge in [0.25, 0.3) is 5.91 Å². The van der Waals surface area contributed by atoms with Gasteiger partial charge in [-0.3, -0.25) is 9.59 Å². The number of ether oxygens (including phenoxy) is 1. The molecule has 1 aromatic heterocycles. The number of amides is 2. The average Bonchev–Trinajstić information content (AvgIpc) is 3.48. The van der Waals surface area contributed by atoms with E-state index in [4.69, 9.17) is 4.74 Å². The van der Waals surface area contributed by atoms with Crippen molar-refractivity contribution < 1.29 is 14.3 Å². The topological polar surface area (TPSA) is 58.6 Å². The van der Waals surface area contributed by atoms with Crippen molar-refractivity contribution >= 4 is 23.2 Å². The number of carbonyl (C=O) groups is 2. The SMILES string of the molecule is CCNC(=O)C1(Cc2ccc(-c3cccs3)cc2)CN(C(=O)C2CCCC2)CCO1. The summed E-state index contributed by atoms with van der Waals surface area (Å²) in [5.74, 6) is 0.175. The lowest BCUT2D eigenvalue weighted by Gasteiger charge is -2.42. The van der Waals surface area contributed by atoms with Crippen LogP contribution in [0.3, 0.4) is 0 Å². The van der Waals surface area contributed by atoms with Crippen LogP contribution in [0.2, 0.25) is 0 Å². The van der Waals surface area contributed by atoms with E-state index in [1.54, 1.807) is 11.3 Å². The second kappa shape index (κ2) is 9.31. The Hall–Kier alpha value is -2.18. The van der Waals surface area contributed by atoms with Crippen LogP contribution in [0, 0.1) is 5.92 Å². The minimum Gasteiger partial charge on any atom is -0.361 e. The highest BCUT2D eigenvalue weighted by Crippen LogP contribution is 2.31. The van der Waals surface area contributed by atoms with Gasteiger partial charge in [-0.25, -0.2) is 0 Å². The van der Waals surface area contributed by atoms with E-state index in [-0.39, 0.29) is 17.7 Å². The van der Waals surface area contributed by atoms with Gasteiger partial charge in [0.05, 0.1) is 13.2 Å². The van der Waals surface area contributed by atoms with E-state index in [2.05, 4.69) is 41.0 Å². The number of thiophene rings is 1. The van der Waals surface area contributed by atoms with Gasteiger partial charge in [0.1, 0.15) is 0 Å². The molecule has 4 rings (SSSR count). The highest BCUT2D eigenvalue weighted by atomic mass is 32.1. The summed E-state index contributed by atoms with van der Waals surface area (Å²) in [5.41, 5.74) is 1.17. The van der Waals surface area contributed by atoms with Crippen LogP contribution in [-0.2, 0) is 20.7 Å². The van der Waals surface area contributed by atoms with Gasteiger partial charge >= 0.3 is 0 Å². The summed E-state index contributed by atoms with van der Waals surface area (Å²) in [5, 5.41) is 5.01. The summed E-state index contributed by atoms with van der Waals surface area (Å²) in [4.78, 5) is 29.2. The fourth-order valence-corrected chi connectivity index (χ4v) is 5.34. The van der Waals surface area contributed by atoms with Crippen molar-refractivity contribution in [3.05, 3.63) is 47.3 Å². The largest absolute Gasteiger partial charge is 0.361 e. The lowest BCUT2D eigenvalue weighted by Crippen LogP contribution is -2.62. The Balaban J connectivity index is 1.54. The van der Waals surface area contributed by atoms with E-state index >= 15 is 0 Å². The highest BCUT2D eigenvalue weighted by molar-refractivity contribution is 7.13. The smallest absolute Gasteiger partial charge is 0.254 e. The molecule has 1 aromatic carbocycles.